The molecule has 0 aliphatic carbocycles. The van der Waals surface area contributed by atoms with Crippen LogP contribution < -0.4 is 10.2 Å². The van der Waals surface area contributed by atoms with Gasteiger partial charge in [0, 0.05) is 25.8 Å². The standard InChI is InChI=1S/C11H14F2N2O/c1-14-8-6-9(12)11(10(13)7-8)15-2-4-16-5-3-15/h6-7,14H,2-5H2,1H3. The Kier molecular flexibility index (Phi) is 3.24. The van der Waals surface area contributed by atoms with E-state index in [1.807, 2.05) is 0 Å². The summed E-state index contributed by atoms with van der Waals surface area (Å²) >= 11 is 0. The first-order valence-corrected chi connectivity index (χ1v) is 5.22. The molecular weight excluding hydrogens is 214 g/mol. The fourth-order valence-corrected chi connectivity index (χ4v) is 1.80. The summed E-state index contributed by atoms with van der Waals surface area (Å²) in [7, 11) is 1.63. The number of nitrogens with zero attached hydrogens (tertiary/aromatic N) is 1. The molecule has 1 aromatic carbocycles. The smallest absolute Gasteiger partial charge is 0.151 e. The molecule has 16 heavy (non-hydrogen) atoms. The van der Waals surface area contributed by atoms with Gasteiger partial charge in [-0.3, -0.25) is 0 Å². The van der Waals surface area contributed by atoms with E-state index in [1.165, 1.54) is 12.1 Å². The molecule has 0 aromatic heterocycles. The Hall–Kier alpha value is -1.36. The van der Waals surface area contributed by atoms with E-state index >= 15 is 0 Å². The van der Waals surface area contributed by atoms with Crippen molar-refractivity contribution in [2.45, 2.75) is 0 Å². The summed E-state index contributed by atoms with van der Waals surface area (Å²) in [5.74, 6) is -1.07. The Bertz CT molecular complexity index is 355. The third-order valence-electron chi connectivity index (χ3n) is 2.63. The summed E-state index contributed by atoms with van der Waals surface area (Å²) in [5.41, 5.74) is 0.481. The molecular formula is C11H14F2N2O. The van der Waals surface area contributed by atoms with Crippen molar-refractivity contribution in [3.05, 3.63) is 23.8 Å². The molecule has 1 aliphatic rings. The molecule has 0 atom stereocenters. The van der Waals surface area contributed by atoms with Crippen LogP contribution in [-0.4, -0.2) is 33.4 Å². The molecule has 1 heterocycles. The van der Waals surface area contributed by atoms with Crippen molar-refractivity contribution in [3.63, 3.8) is 0 Å². The number of hydrogen-bond donors (Lipinski definition) is 1. The van der Waals surface area contributed by atoms with Crippen LogP contribution in [0.25, 0.3) is 0 Å². The van der Waals surface area contributed by atoms with E-state index < -0.39 is 11.6 Å². The zero-order chi connectivity index (χ0) is 11.5. The maximum atomic E-state index is 13.7. The molecule has 88 valence electrons. The number of ether oxygens (including phenoxy) is 1. The highest BCUT2D eigenvalue weighted by Crippen LogP contribution is 2.27. The molecule has 1 saturated heterocycles. The topological polar surface area (TPSA) is 24.5 Å². The van der Waals surface area contributed by atoms with Crippen molar-refractivity contribution in [1.29, 1.82) is 0 Å². The summed E-state index contributed by atoms with van der Waals surface area (Å²) < 4.78 is 32.6. The van der Waals surface area contributed by atoms with Crippen molar-refractivity contribution in [2.24, 2.45) is 0 Å². The summed E-state index contributed by atoms with van der Waals surface area (Å²) in [6.07, 6.45) is 0. The third-order valence-corrected chi connectivity index (χ3v) is 2.63. The second-order valence-electron chi connectivity index (χ2n) is 3.64. The van der Waals surface area contributed by atoms with Gasteiger partial charge in [-0.15, -0.1) is 0 Å². The molecule has 1 fully saturated rings. The minimum atomic E-state index is -0.536. The van der Waals surface area contributed by atoms with Crippen LogP contribution in [0.15, 0.2) is 12.1 Å². The molecule has 0 spiro atoms. The van der Waals surface area contributed by atoms with Crippen molar-refractivity contribution < 1.29 is 13.5 Å². The summed E-state index contributed by atoms with van der Waals surface area (Å²) in [6.45, 7) is 2.05. The Balaban J connectivity index is 2.32. The summed E-state index contributed by atoms with van der Waals surface area (Å²) in [4.78, 5) is 1.67. The highest BCUT2D eigenvalue weighted by molar-refractivity contribution is 5.57. The maximum Gasteiger partial charge on any atom is 0.151 e. The van der Waals surface area contributed by atoms with Gasteiger partial charge in [0.05, 0.1) is 13.2 Å². The van der Waals surface area contributed by atoms with Gasteiger partial charge in [-0.05, 0) is 12.1 Å². The average molecular weight is 228 g/mol. The predicted molar refractivity (Wildman–Crippen MR) is 58.9 cm³/mol. The number of hydrogen-bond acceptors (Lipinski definition) is 3. The Morgan fingerprint density at radius 3 is 2.25 bits per heavy atom. The lowest BCUT2D eigenvalue weighted by Crippen LogP contribution is -2.37. The first-order chi connectivity index (χ1) is 7.72. The number of anilines is 2. The van der Waals surface area contributed by atoms with Gasteiger partial charge in [0.2, 0.25) is 0 Å². The van der Waals surface area contributed by atoms with E-state index in [-0.39, 0.29) is 5.69 Å². The van der Waals surface area contributed by atoms with Crippen LogP contribution in [0.4, 0.5) is 20.2 Å². The molecule has 1 aromatic rings. The molecule has 3 nitrogen and oxygen atoms in total. The highest BCUT2D eigenvalue weighted by Gasteiger charge is 2.19. The van der Waals surface area contributed by atoms with Crippen LogP contribution in [0, 0.1) is 11.6 Å². The van der Waals surface area contributed by atoms with E-state index in [0.29, 0.717) is 32.0 Å². The van der Waals surface area contributed by atoms with Crippen LogP contribution in [-0.2, 0) is 4.74 Å². The van der Waals surface area contributed by atoms with E-state index in [1.54, 1.807) is 11.9 Å². The zero-order valence-electron chi connectivity index (χ0n) is 9.09. The molecule has 5 heteroatoms. The van der Waals surface area contributed by atoms with Crippen molar-refractivity contribution in [1.82, 2.24) is 0 Å². The van der Waals surface area contributed by atoms with Crippen molar-refractivity contribution in [2.75, 3.05) is 43.6 Å². The van der Waals surface area contributed by atoms with Crippen LogP contribution in [0.3, 0.4) is 0 Å². The second kappa shape index (κ2) is 4.65. The van der Waals surface area contributed by atoms with Gasteiger partial charge in [-0.2, -0.15) is 0 Å². The van der Waals surface area contributed by atoms with E-state index in [2.05, 4.69) is 5.32 Å². The monoisotopic (exact) mass is 228 g/mol. The lowest BCUT2D eigenvalue weighted by Gasteiger charge is -2.29. The minimum absolute atomic E-state index is 0.0438. The normalized spacial score (nSPS) is 16.3. The van der Waals surface area contributed by atoms with Crippen LogP contribution >= 0.6 is 0 Å². The van der Waals surface area contributed by atoms with Gasteiger partial charge in [-0.1, -0.05) is 0 Å². The molecule has 0 saturated carbocycles. The molecule has 2 rings (SSSR count). The second-order valence-corrected chi connectivity index (χ2v) is 3.64. The zero-order valence-corrected chi connectivity index (χ0v) is 9.09. The number of morpholine rings is 1. The first kappa shape index (κ1) is 11.1. The van der Waals surface area contributed by atoms with Gasteiger partial charge in [-0.25, -0.2) is 8.78 Å². The van der Waals surface area contributed by atoms with Gasteiger partial charge in [0.25, 0.3) is 0 Å². The number of halogens is 2. The maximum absolute atomic E-state index is 13.7. The lowest BCUT2D eigenvalue weighted by atomic mass is 10.2. The Labute approximate surface area is 93.0 Å². The number of benzene rings is 1. The number of rotatable bonds is 2. The summed E-state index contributed by atoms with van der Waals surface area (Å²) in [6, 6.07) is 2.60. The largest absolute Gasteiger partial charge is 0.388 e. The number of nitrogens with one attached hydrogen (secondary N) is 1. The van der Waals surface area contributed by atoms with Crippen molar-refractivity contribution >= 4 is 11.4 Å². The fraction of sp³-hybridized carbons (Fsp3) is 0.455. The SMILES string of the molecule is CNc1cc(F)c(N2CCOCC2)c(F)c1. The molecule has 0 unspecified atom stereocenters. The quantitative estimate of drug-likeness (QED) is 0.836. The van der Waals surface area contributed by atoms with E-state index in [0.717, 1.165) is 0 Å². The lowest BCUT2D eigenvalue weighted by molar-refractivity contribution is 0.122. The average Bonchev–Trinajstić information content (AvgIpc) is 2.29. The molecule has 0 radical (unpaired) electrons. The highest BCUT2D eigenvalue weighted by atomic mass is 19.1. The fourth-order valence-electron chi connectivity index (χ4n) is 1.80. The van der Waals surface area contributed by atoms with Crippen molar-refractivity contribution in [3.8, 4) is 0 Å². The van der Waals surface area contributed by atoms with Gasteiger partial charge >= 0.3 is 0 Å². The minimum Gasteiger partial charge on any atom is -0.388 e. The van der Waals surface area contributed by atoms with Gasteiger partial charge < -0.3 is 15.0 Å². The van der Waals surface area contributed by atoms with Crippen LogP contribution in [0.2, 0.25) is 0 Å². The Morgan fingerprint density at radius 1 is 1.19 bits per heavy atom. The van der Waals surface area contributed by atoms with Gasteiger partial charge in [0.15, 0.2) is 11.6 Å². The molecule has 1 N–H and O–H groups in total. The molecule has 1 aliphatic heterocycles. The van der Waals surface area contributed by atoms with E-state index in [9.17, 15) is 8.78 Å². The predicted octanol–water partition coefficient (Wildman–Crippen LogP) is 1.84. The molecule has 0 amide bonds. The van der Waals surface area contributed by atoms with Crippen LogP contribution in [0.1, 0.15) is 0 Å². The van der Waals surface area contributed by atoms with Gasteiger partial charge in [0.1, 0.15) is 5.69 Å². The first-order valence-electron chi connectivity index (χ1n) is 5.22. The van der Waals surface area contributed by atoms with E-state index in [4.69, 9.17) is 4.74 Å². The van der Waals surface area contributed by atoms with Crippen LogP contribution in [0.5, 0.6) is 0 Å². The summed E-state index contributed by atoms with van der Waals surface area (Å²) in [5, 5.41) is 2.72. The Morgan fingerprint density at radius 2 is 1.75 bits per heavy atom. The third kappa shape index (κ3) is 2.09. The molecule has 0 bridgehead atoms.